The van der Waals surface area contributed by atoms with Crippen molar-refractivity contribution in [3.63, 3.8) is 0 Å². The Morgan fingerprint density at radius 3 is 2.33 bits per heavy atom. The third-order valence-corrected chi connectivity index (χ3v) is 3.20. The fourth-order valence-corrected chi connectivity index (χ4v) is 1.96. The Hall–Kier alpha value is -2.25. The van der Waals surface area contributed by atoms with Crippen LogP contribution in [0.2, 0.25) is 0 Å². The molecule has 1 rings (SSSR count). The number of hydrogen-bond acceptors (Lipinski definition) is 3. The Morgan fingerprint density at radius 1 is 1.08 bits per heavy atom. The van der Waals surface area contributed by atoms with Gasteiger partial charge in [-0.15, -0.1) is 0 Å². The smallest absolute Gasteiger partial charge is 0.410 e. The number of rotatable bonds is 9. The Balaban J connectivity index is 2.47. The second-order valence-corrected chi connectivity index (χ2v) is 5.24. The lowest BCUT2D eigenvalue weighted by Crippen LogP contribution is -2.34. The number of carboxylic acids is 1. The van der Waals surface area contributed by atoms with E-state index in [2.05, 4.69) is 0 Å². The van der Waals surface area contributed by atoms with E-state index >= 15 is 0 Å². The minimum atomic E-state index is -4.24. The highest BCUT2D eigenvalue weighted by atomic mass is 19.4. The molecule has 1 amide bonds. The molecule has 1 aromatic carbocycles. The maximum Gasteiger partial charge on any atom is 0.410 e. The molecule has 0 aliphatic carbocycles. The number of nitrogens with zero attached hydrogens (tertiary/aromatic N) is 1. The molecule has 0 aliphatic rings. The maximum atomic E-state index is 12.1. The van der Waals surface area contributed by atoms with Crippen molar-refractivity contribution < 1.29 is 32.6 Å². The van der Waals surface area contributed by atoms with Gasteiger partial charge in [-0.3, -0.25) is 4.79 Å². The van der Waals surface area contributed by atoms with E-state index in [0.29, 0.717) is 0 Å². The minimum Gasteiger partial charge on any atom is -0.481 e. The Labute approximate surface area is 138 Å². The highest BCUT2D eigenvalue weighted by Crippen LogP contribution is 2.22. The Kier molecular flexibility index (Phi) is 8.08. The van der Waals surface area contributed by atoms with E-state index in [1.165, 1.54) is 0 Å². The highest BCUT2D eigenvalue weighted by molar-refractivity contribution is 5.70. The molecule has 24 heavy (non-hydrogen) atoms. The molecular weight excluding hydrogens is 327 g/mol. The van der Waals surface area contributed by atoms with Gasteiger partial charge in [-0.2, -0.15) is 13.2 Å². The number of halogens is 3. The number of carbonyl (C=O) groups excluding carboxylic acids is 1. The van der Waals surface area contributed by atoms with E-state index in [4.69, 9.17) is 9.84 Å². The van der Waals surface area contributed by atoms with Crippen LogP contribution in [0.4, 0.5) is 18.0 Å². The van der Waals surface area contributed by atoms with Gasteiger partial charge in [-0.05, 0) is 18.4 Å². The standard InChI is InChI=1S/C16H20F3NO4/c17-16(18,19)9-4-5-10-20(11-8-14(21)22)15(23)24-12-13-6-2-1-3-7-13/h1-3,6-7H,4-5,8-12H2,(H,21,22). The Morgan fingerprint density at radius 2 is 1.75 bits per heavy atom. The monoisotopic (exact) mass is 347 g/mol. The second-order valence-electron chi connectivity index (χ2n) is 5.24. The van der Waals surface area contributed by atoms with Crippen molar-refractivity contribution in [2.75, 3.05) is 13.1 Å². The van der Waals surface area contributed by atoms with Crippen molar-refractivity contribution in [2.24, 2.45) is 0 Å². The van der Waals surface area contributed by atoms with Crippen LogP contribution >= 0.6 is 0 Å². The Bertz CT molecular complexity index is 520. The summed E-state index contributed by atoms with van der Waals surface area (Å²) in [4.78, 5) is 23.8. The summed E-state index contributed by atoms with van der Waals surface area (Å²) in [5.41, 5.74) is 0.765. The summed E-state index contributed by atoms with van der Waals surface area (Å²) in [5, 5.41) is 8.70. The number of alkyl halides is 3. The van der Waals surface area contributed by atoms with E-state index in [0.717, 1.165) is 10.5 Å². The SMILES string of the molecule is O=C(O)CCN(CCCCC(F)(F)F)C(=O)OCc1ccccc1. The van der Waals surface area contributed by atoms with Crippen LogP contribution in [0.15, 0.2) is 30.3 Å². The zero-order valence-corrected chi connectivity index (χ0v) is 13.1. The molecule has 0 aliphatic heterocycles. The normalized spacial score (nSPS) is 11.1. The van der Waals surface area contributed by atoms with Gasteiger partial charge in [0.2, 0.25) is 0 Å². The van der Waals surface area contributed by atoms with Gasteiger partial charge in [0, 0.05) is 19.5 Å². The zero-order valence-electron chi connectivity index (χ0n) is 13.1. The molecule has 0 saturated heterocycles. The molecule has 134 valence electrons. The van der Waals surface area contributed by atoms with Crippen LogP contribution in [0, 0.1) is 0 Å². The van der Waals surface area contributed by atoms with E-state index < -0.39 is 24.7 Å². The lowest BCUT2D eigenvalue weighted by molar-refractivity contribution is -0.137. The van der Waals surface area contributed by atoms with Crippen molar-refractivity contribution in [3.8, 4) is 0 Å². The maximum absolute atomic E-state index is 12.1. The summed E-state index contributed by atoms with van der Waals surface area (Å²) in [7, 11) is 0. The molecule has 5 nitrogen and oxygen atoms in total. The second kappa shape index (κ2) is 9.79. The fourth-order valence-electron chi connectivity index (χ4n) is 1.96. The van der Waals surface area contributed by atoms with Gasteiger partial charge in [0.05, 0.1) is 6.42 Å². The van der Waals surface area contributed by atoms with E-state index in [1.54, 1.807) is 24.3 Å². The van der Waals surface area contributed by atoms with Crippen molar-refractivity contribution in [3.05, 3.63) is 35.9 Å². The molecule has 0 unspecified atom stereocenters. The molecule has 1 N–H and O–H groups in total. The molecule has 0 radical (unpaired) electrons. The number of ether oxygens (including phenoxy) is 1. The number of carboxylic acid groups (broad SMARTS) is 1. The van der Waals surface area contributed by atoms with Gasteiger partial charge < -0.3 is 14.7 Å². The third-order valence-electron chi connectivity index (χ3n) is 3.20. The van der Waals surface area contributed by atoms with Gasteiger partial charge in [0.25, 0.3) is 0 Å². The van der Waals surface area contributed by atoms with E-state index in [1.807, 2.05) is 6.07 Å². The quantitative estimate of drug-likeness (QED) is 0.690. The minimum absolute atomic E-state index is 0.0196. The number of benzene rings is 1. The van der Waals surface area contributed by atoms with Gasteiger partial charge in [0.15, 0.2) is 0 Å². The van der Waals surface area contributed by atoms with Crippen LogP contribution in [-0.2, 0) is 16.1 Å². The first-order valence-electron chi connectivity index (χ1n) is 7.52. The first-order chi connectivity index (χ1) is 11.3. The topological polar surface area (TPSA) is 66.8 Å². The first-order valence-corrected chi connectivity index (χ1v) is 7.52. The van der Waals surface area contributed by atoms with Crippen LogP contribution in [-0.4, -0.2) is 41.3 Å². The summed E-state index contributed by atoms with van der Waals surface area (Å²) >= 11 is 0. The van der Waals surface area contributed by atoms with Crippen LogP contribution in [0.1, 0.15) is 31.2 Å². The van der Waals surface area contributed by atoms with E-state index in [-0.39, 0.29) is 39.0 Å². The molecular formula is C16H20F3NO4. The zero-order chi connectivity index (χ0) is 18.0. The summed E-state index contributed by atoms with van der Waals surface area (Å²) in [6, 6.07) is 8.90. The van der Waals surface area contributed by atoms with Gasteiger partial charge in [0.1, 0.15) is 6.61 Å². The summed E-state index contributed by atoms with van der Waals surface area (Å²) in [6.45, 7) is -0.0578. The van der Waals surface area contributed by atoms with E-state index in [9.17, 15) is 22.8 Å². The molecule has 8 heteroatoms. The van der Waals surface area contributed by atoms with Crippen molar-refractivity contribution in [2.45, 2.75) is 38.5 Å². The highest BCUT2D eigenvalue weighted by Gasteiger charge is 2.26. The number of hydrogen-bond donors (Lipinski definition) is 1. The predicted molar refractivity (Wildman–Crippen MR) is 80.4 cm³/mol. The third kappa shape index (κ3) is 9.02. The van der Waals surface area contributed by atoms with Crippen molar-refractivity contribution in [1.82, 2.24) is 4.90 Å². The number of unbranched alkanes of at least 4 members (excludes halogenated alkanes) is 1. The number of carbonyl (C=O) groups is 2. The average molecular weight is 347 g/mol. The van der Waals surface area contributed by atoms with Crippen molar-refractivity contribution >= 4 is 12.1 Å². The molecule has 0 aromatic heterocycles. The molecule has 0 spiro atoms. The van der Waals surface area contributed by atoms with Crippen LogP contribution < -0.4 is 0 Å². The van der Waals surface area contributed by atoms with Crippen LogP contribution in [0.25, 0.3) is 0 Å². The largest absolute Gasteiger partial charge is 0.481 e. The van der Waals surface area contributed by atoms with Crippen LogP contribution in [0.3, 0.4) is 0 Å². The first kappa shape index (κ1) is 19.8. The van der Waals surface area contributed by atoms with Gasteiger partial charge >= 0.3 is 18.2 Å². The fraction of sp³-hybridized carbons (Fsp3) is 0.500. The van der Waals surface area contributed by atoms with Crippen LogP contribution in [0.5, 0.6) is 0 Å². The van der Waals surface area contributed by atoms with Gasteiger partial charge in [-0.25, -0.2) is 4.79 Å². The molecule has 1 aromatic rings. The predicted octanol–water partition coefficient (Wildman–Crippen LogP) is 3.83. The average Bonchev–Trinajstić information content (AvgIpc) is 2.51. The lowest BCUT2D eigenvalue weighted by Gasteiger charge is -2.21. The van der Waals surface area contributed by atoms with Crippen molar-refractivity contribution in [1.29, 1.82) is 0 Å². The molecule has 0 saturated carbocycles. The number of amides is 1. The molecule has 0 heterocycles. The summed E-state index contributed by atoms with van der Waals surface area (Å²) in [5.74, 6) is -1.09. The summed E-state index contributed by atoms with van der Waals surface area (Å²) in [6.07, 6.45) is -6.19. The summed E-state index contributed by atoms with van der Waals surface area (Å²) < 4.78 is 41.4. The number of aliphatic carboxylic acids is 1. The molecule has 0 atom stereocenters. The van der Waals surface area contributed by atoms with Gasteiger partial charge in [-0.1, -0.05) is 30.3 Å². The molecule has 0 bridgehead atoms. The molecule has 0 fully saturated rings. The lowest BCUT2D eigenvalue weighted by atomic mass is 10.2.